The van der Waals surface area contributed by atoms with E-state index in [1.807, 2.05) is 30.0 Å². The molecule has 4 nitrogen and oxygen atoms in total. The van der Waals surface area contributed by atoms with Gasteiger partial charge in [-0.05, 0) is 44.9 Å². The number of pyridine rings is 1. The zero-order valence-corrected chi connectivity index (χ0v) is 14.1. The Balaban J connectivity index is 0.00000200. The van der Waals surface area contributed by atoms with Gasteiger partial charge >= 0.3 is 0 Å². The maximum absolute atomic E-state index is 12.2. The highest BCUT2D eigenvalue weighted by molar-refractivity contribution is 5.85. The number of nitrogens with one attached hydrogen (secondary N) is 1. The highest BCUT2D eigenvalue weighted by Crippen LogP contribution is 2.12. The zero-order valence-electron chi connectivity index (χ0n) is 12.5. The molecule has 0 radical (unpaired) electrons. The van der Waals surface area contributed by atoms with Gasteiger partial charge in [0.25, 0.3) is 0 Å². The first-order valence-electron chi connectivity index (χ1n) is 7.20. The molecule has 1 unspecified atom stereocenters. The van der Waals surface area contributed by atoms with Crippen LogP contribution < -0.4 is 5.32 Å². The van der Waals surface area contributed by atoms with Crippen LogP contribution in [0.15, 0.2) is 24.4 Å². The highest BCUT2D eigenvalue weighted by atomic mass is 35.5. The van der Waals surface area contributed by atoms with Crippen LogP contribution >= 0.6 is 24.8 Å². The molecule has 1 N–H and O–H groups in total. The Morgan fingerprint density at radius 3 is 2.81 bits per heavy atom. The SMILES string of the molecule is CCN(Cc1ccccn1)C(=O)CCC1CCCN1.Cl.Cl. The van der Waals surface area contributed by atoms with Crippen LogP contribution in [0.4, 0.5) is 0 Å². The predicted octanol–water partition coefficient (Wildman–Crippen LogP) is 2.81. The molecular weight excluding hydrogens is 309 g/mol. The number of nitrogens with zero attached hydrogens (tertiary/aromatic N) is 2. The van der Waals surface area contributed by atoms with Gasteiger partial charge in [0, 0.05) is 25.2 Å². The molecule has 1 atom stereocenters. The maximum atomic E-state index is 12.2. The Bertz CT molecular complexity index is 397. The third-order valence-electron chi connectivity index (χ3n) is 3.68. The maximum Gasteiger partial charge on any atom is 0.222 e. The summed E-state index contributed by atoms with van der Waals surface area (Å²) in [6.45, 7) is 4.49. The molecule has 2 rings (SSSR count). The second kappa shape index (κ2) is 10.8. The zero-order chi connectivity index (χ0) is 13.5. The van der Waals surface area contributed by atoms with Gasteiger partial charge in [-0.1, -0.05) is 6.07 Å². The molecule has 1 aliphatic heterocycles. The van der Waals surface area contributed by atoms with Crippen molar-refractivity contribution in [3.63, 3.8) is 0 Å². The molecule has 1 aromatic heterocycles. The number of aromatic nitrogens is 1. The van der Waals surface area contributed by atoms with Crippen molar-refractivity contribution < 1.29 is 4.79 Å². The number of carbonyl (C=O) groups is 1. The molecular formula is C15H25Cl2N3O. The molecule has 6 heteroatoms. The highest BCUT2D eigenvalue weighted by Gasteiger charge is 2.18. The fraction of sp³-hybridized carbons (Fsp3) is 0.600. The number of carbonyl (C=O) groups excluding carboxylic acids is 1. The fourth-order valence-corrected chi connectivity index (χ4v) is 2.52. The summed E-state index contributed by atoms with van der Waals surface area (Å²) in [7, 11) is 0. The molecule has 1 amide bonds. The van der Waals surface area contributed by atoms with E-state index in [2.05, 4.69) is 10.3 Å². The first-order valence-corrected chi connectivity index (χ1v) is 7.20. The Hall–Kier alpha value is -0.840. The van der Waals surface area contributed by atoms with E-state index in [0.29, 0.717) is 19.0 Å². The Kier molecular flexibility index (Phi) is 10.4. The van der Waals surface area contributed by atoms with E-state index in [1.54, 1.807) is 6.20 Å². The third-order valence-corrected chi connectivity index (χ3v) is 3.68. The van der Waals surface area contributed by atoms with Crippen molar-refractivity contribution in [3.05, 3.63) is 30.1 Å². The molecule has 0 spiro atoms. The van der Waals surface area contributed by atoms with E-state index in [4.69, 9.17) is 0 Å². The van der Waals surface area contributed by atoms with Crippen molar-refractivity contribution in [2.75, 3.05) is 13.1 Å². The lowest BCUT2D eigenvalue weighted by molar-refractivity contribution is -0.131. The van der Waals surface area contributed by atoms with Gasteiger partial charge in [0.15, 0.2) is 0 Å². The average molecular weight is 334 g/mol. The minimum absolute atomic E-state index is 0. The van der Waals surface area contributed by atoms with Gasteiger partial charge in [0.2, 0.25) is 5.91 Å². The molecule has 0 saturated carbocycles. The van der Waals surface area contributed by atoms with Crippen molar-refractivity contribution >= 4 is 30.7 Å². The van der Waals surface area contributed by atoms with Crippen LogP contribution in [-0.2, 0) is 11.3 Å². The van der Waals surface area contributed by atoms with Crippen LogP contribution in [0.5, 0.6) is 0 Å². The van der Waals surface area contributed by atoms with E-state index < -0.39 is 0 Å². The minimum atomic E-state index is 0. The number of rotatable bonds is 6. The average Bonchev–Trinajstić information content (AvgIpc) is 2.96. The number of hydrogen-bond donors (Lipinski definition) is 1. The van der Waals surface area contributed by atoms with Gasteiger partial charge in [-0.2, -0.15) is 0 Å². The minimum Gasteiger partial charge on any atom is -0.337 e. The number of hydrogen-bond acceptors (Lipinski definition) is 3. The topological polar surface area (TPSA) is 45.2 Å². The molecule has 1 aromatic rings. The molecule has 2 heterocycles. The molecule has 0 bridgehead atoms. The van der Waals surface area contributed by atoms with Crippen molar-refractivity contribution in [3.8, 4) is 0 Å². The van der Waals surface area contributed by atoms with Crippen LogP contribution in [0.25, 0.3) is 0 Å². The summed E-state index contributed by atoms with van der Waals surface area (Å²) in [5, 5.41) is 3.44. The van der Waals surface area contributed by atoms with Crippen LogP contribution in [0.1, 0.15) is 38.3 Å². The van der Waals surface area contributed by atoms with Gasteiger partial charge in [-0.25, -0.2) is 0 Å². The smallest absolute Gasteiger partial charge is 0.222 e. The summed E-state index contributed by atoms with van der Waals surface area (Å²) in [4.78, 5) is 18.4. The Labute approximate surface area is 139 Å². The van der Waals surface area contributed by atoms with Gasteiger partial charge in [0.05, 0.1) is 12.2 Å². The van der Waals surface area contributed by atoms with E-state index >= 15 is 0 Å². The lowest BCUT2D eigenvalue weighted by atomic mass is 10.1. The predicted molar refractivity (Wildman–Crippen MR) is 90.1 cm³/mol. The second-order valence-corrected chi connectivity index (χ2v) is 5.06. The van der Waals surface area contributed by atoms with Crippen LogP contribution in [0.3, 0.4) is 0 Å². The van der Waals surface area contributed by atoms with Crippen LogP contribution in [0, 0.1) is 0 Å². The summed E-state index contributed by atoms with van der Waals surface area (Å²) >= 11 is 0. The van der Waals surface area contributed by atoms with Crippen LogP contribution in [-0.4, -0.2) is 34.9 Å². The van der Waals surface area contributed by atoms with Gasteiger partial charge in [-0.15, -0.1) is 24.8 Å². The fourth-order valence-electron chi connectivity index (χ4n) is 2.52. The number of halogens is 2. The first-order chi connectivity index (χ1) is 9.29. The molecule has 1 fully saturated rings. The normalized spacial score (nSPS) is 16.7. The first kappa shape index (κ1) is 20.2. The van der Waals surface area contributed by atoms with Gasteiger partial charge < -0.3 is 10.2 Å². The molecule has 1 aliphatic rings. The Morgan fingerprint density at radius 2 is 2.24 bits per heavy atom. The molecule has 0 aromatic carbocycles. The largest absolute Gasteiger partial charge is 0.337 e. The van der Waals surface area contributed by atoms with Crippen molar-refractivity contribution in [1.29, 1.82) is 0 Å². The third kappa shape index (κ3) is 6.64. The molecule has 21 heavy (non-hydrogen) atoms. The van der Waals surface area contributed by atoms with E-state index in [0.717, 1.165) is 25.2 Å². The summed E-state index contributed by atoms with van der Waals surface area (Å²) in [5.74, 6) is 0.238. The van der Waals surface area contributed by atoms with Crippen molar-refractivity contribution in [2.45, 2.75) is 45.2 Å². The summed E-state index contributed by atoms with van der Waals surface area (Å²) in [5.41, 5.74) is 0.955. The standard InChI is InChI=1S/C15H23N3O.2ClH/c1-2-18(12-14-6-3-4-10-17-14)15(19)9-8-13-7-5-11-16-13;;/h3-4,6,10,13,16H,2,5,7-9,11-12H2,1H3;2*1H. The molecule has 120 valence electrons. The van der Waals surface area contributed by atoms with E-state index in [1.165, 1.54) is 12.8 Å². The Morgan fingerprint density at radius 1 is 1.43 bits per heavy atom. The second-order valence-electron chi connectivity index (χ2n) is 5.06. The number of amides is 1. The van der Waals surface area contributed by atoms with Crippen molar-refractivity contribution in [2.24, 2.45) is 0 Å². The lowest BCUT2D eigenvalue weighted by Crippen LogP contribution is -2.32. The van der Waals surface area contributed by atoms with Crippen LogP contribution in [0.2, 0.25) is 0 Å². The monoisotopic (exact) mass is 333 g/mol. The lowest BCUT2D eigenvalue weighted by Gasteiger charge is -2.21. The quantitative estimate of drug-likeness (QED) is 0.870. The summed E-state index contributed by atoms with van der Waals surface area (Å²) in [6, 6.07) is 6.36. The van der Waals surface area contributed by atoms with Gasteiger partial charge in [0.1, 0.15) is 0 Å². The van der Waals surface area contributed by atoms with Gasteiger partial charge in [-0.3, -0.25) is 9.78 Å². The summed E-state index contributed by atoms with van der Waals surface area (Å²) in [6.07, 6.45) is 5.82. The molecule has 1 saturated heterocycles. The van der Waals surface area contributed by atoms with E-state index in [9.17, 15) is 4.79 Å². The molecule has 0 aliphatic carbocycles. The van der Waals surface area contributed by atoms with Crippen molar-refractivity contribution in [1.82, 2.24) is 15.2 Å². The summed E-state index contributed by atoms with van der Waals surface area (Å²) < 4.78 is 0. The van der Waals surface area contributed by atoms with E-state index in [-0.39, 0.29) is 30.7 Å².